The van der Waals surface area contributed by atoms with Gasteiger partial charge in [0.15, 0.2) is 17.1 Å². The molecule has 7 nitrogen and oxygen atoms in total. The molecular weight excluding hydrogens is 234 g/mol. The maximum atomic E-state index is 10.7. The minimum Gasteiger partial charge on any atom is -0.258 e. The number of hydrogen-bond acceptors (Lipinski definition) is 4. The summed E-state index contributed by atoms with van der Waals surface area (Å²) in [6.45, 7) is 0. The quantitative estimate of drug-likeness (QED) is 0.279. The number of nitro benzene ring substituents is 1. The van der Waals surface area contributed by atoms with Crippen LogP contribution in [0.15, 0.2) is 24.5 Å². The molecule has 1 aromatic heterocycles. The van der Waals surface area contributed by atoms with E-state index in [4.69, 9.17) is 10.7 Å². The largest absolute Gasteiger partial charge is 0.274 e. The molecule has 0 spiro atoms. The fraction of sp³-hybridized carbons (Fsp3) is 0.0909. The number of nitriles is 1. The van der Waals surface area contributed by atoms with Crippen molar-refractivity contribution in [3.05, 3.63) is 34.6 Å². The van der Waals surface area contributed by atoms with Crippen LogP contribution < -0.4 is 4.57 Å². The van der Waals surface area contributed by atoms with Gasteiger partial charge >= 0.3 is 0 Å². The average molecular weight is 242 g/mol. The number of imidazole rings is 1. The summed E-state index contributed by atoms with van der Waals surface area (Å²) in [5.74, 6) is 2.01. The molecule has 1 heterocycles. The van der Waals surface area contributed by atoms with Crippen LogP contribution in [0.2, 0.25) is 0 Å². The zero-order valence-corrected chi connectivity index (χ0v) is 9.41. The highest BCUT2D eigenvalue weighted by molar-refractivity contribution is 5.91. The zero-order chi connectivity index (χ0) is 13.3. The minimum absolute atomic E-state index is 0.0268. The molecule has 7 heteroatoms. The van der Waals surface area contributed by atoms with Crippen molar-refractivity contribution >= 4 is 28.3 Å². The number of benzene rings is 1. The van der Waals surface area contributed by atoms with Crippen molar-refractivity contribution in [2.24, 2.45) is 7.05 Å². The highest BCUT2D eigenvalue weighted by Crippen LogP contribution is 2.20. The van der Waals surface area contributed by atoms with Crippen LogP contribution in [0.4, 0.5) is 5.69 Å². The highest BCUT2D eigenvalue weighted by atomic mass is 16.6. The first-order valence-electron chi connectivity index (χ1n) is 4.93. The van der Waals surface area contributed by atoms with Gasteiger partial charge in [-0.3, -0.25) is 15.5 Å². The summed E-state index contributed by atoms with van der Waals surface area (Å²) in [6, 6.07) is 6.18. The van der Waals surface area contributed by atoms with Gasteiger partial charge in [0.1, 0.15) is 0 Å². The van der Waals surface area contributed by atoms with Gasteiger partial charge in [-0.25, -0.2) is 4.57 Å². The predicted molar refractivity (Wildman–Crippen MR) is 62.8 cm³/mol. The van der Waals surface area contributed by atoms with Crippen molar-refractivity contribution in [1.29, 1.82) is 10.7 Å². The van der Waals surface area contributed by atoms with Gasteiger partial charge in [0.2, 0.25) is 0 Å². The van der Waals surface area contributed by atoms with E-state index in [0.717, 1.165) is 5.52 Å². The molecule has 0 atom stereocenters. The van der Waals surface area contributed by atoms with Gasteiger partial charge in [0, 0.05) is 11.9 Å². The summed E-state index contributed by atoms with van der Waals surface area (Å²) in [5.41, 5.74) is 1.12. The number of aromatic nitrogens is 2. The number of allylic oxidation sites excluding steroid dienone is 1. The van der Waals surface area contributed by atoms with Gasteiger partial charge in [0.05, 0.1) is 18.0 Å². The highest BCUT2D eigenvalue weighted by Gasteiger charge is 2.20. The number of nitrogens with zero attached hydrogens (tertiary/aromatic N) is 4. The van der Waals surface area contributed by atoms with Gasteiger partial charge in [-0.2, -0.15) is 9.83 Å². The number of aryl methyl sites for hydroxylation is 1. The van der Waals surface area contributed by atoms with Crippen molar-refractivity contribution in [3.8, 4) is 6.07 Å². The Bertz CT molecular complexity index is 747. The lowest BCUT2D eigenvalue weighted by Gasteiger charge is -1.92. The molecule has 2 aromatic rings. The fourth-order valence-corrected chi connectivity index (χ4v) is 1.73. The monoisotopic (exact) mass is 242 g/mol. The maximum absolute atomic E-state index is 10.7. The van der Waals surface area contributed by atoms with Crippen LogP contribution >= 0.6 is 0 Å². The molecule has 0 aliphatic carbocycles. The number of non-ortho nitro benzene ring substituents is 1. The van der Waals surface area contributed by atoms with Gasteiger partial charge in [-0.1, -0.05) is 0 Å². The Kier molecular flexibility index (Phi) is 2.64. The summed E-state index contributed by atoms with van der Waals surface area (Å²) < 4.78 is 3.11. The number of hydrogen-bond donors (Lipinski definition) is 1. The topological polar surface area (TPSA) is 99.6 Å². The van der Waals surface area contributed by atoms with Crippen molar-refractivity contribution in [2.45, 2.75) is 0 Å². The number of nitrogens with one attached hydrogen (secondary N) is 1. The fourth-order valence-electron chi connectivity index (χ4n) is 1.73. The Morgan fingerprint density at radius 2 is 2.33 bits per heavy atom. The van der Waals surface area contributed by atoms with Crippen LogP contribution in [0, 0.1) is 26.9 Å². The van der Waals surface area contributed by atoms with E-state index in [1.165, 1.54) is 16.7 Å². The molecule has 0 aliphatic heterocycles. The van der Waals surface area contributed by atoms with E-state index in [2.05, 4.69) is 0 Å². The summed E-state index contributed by atoms with van der Waals surface area (Å²) in [5, 5.41) is 26.7. The average Bonchev–Trinajstić information content (AvgIpc) is 2.68. The summed E-state index contributed by atoms with van der Waals surface area (Å²) >= 11 is 0. The molecule has 0 unspecified atom stereocenters. The first-order valence-corrected chi connectivity index (χ1v) is 4.93. The third-order valence-corrected chi connectivity index (χ3v) is 2.56. The van der Waals surface area contributed by atoms with Gasteiger partial charge in [-0.05, 0) is 6.07 Å². The van der Waals surface area contributed by atoms with E-state index in [0.29, 0.717) is 5.52 Å². The molecule has 1 N–H and O–H groups in total. The smallest absolute Gasteiger partial charge is 0.258 e. The molecule has 88 valence electrons. The summed E-state index contributed by atoms with van der Waals surface area (Å²) in [6.07, 6.45) is 1.58. The van der Waals surface area contributed by atoms with E-state index >= 15 is 0 Å². The van der Waals surface area contributed by atoms with Crippen LogP contribution in [-0.4, -0.2) is 15.4 Å². The molecular formula is C11H8N5O2+. The van der Waals surface area contributed by atoms with Crippen LogP contribution in [0.5, 0.6) is 0 Å². The molecule has 0 bridgehead atoms. The van der Waals surface area contributed by atoms with Crippen molar-refractivity contribution in [3.63, 3.8) is 0 Å². The van der Waals surface area contributed by atoms with Gasteiger partial charge < -0.3 is 0 Å². The second-order valence-corrected chi connectivity index (χ2v) is 3.61. The lowest BCUT2D eigenvalue weighted by Crippen LogP contribution is -2.25. The lowest BCUT2D eigenvalue weighted by atomic mass is 10.2. The van der Waals surface area contributed by atoms with Crippen molar-refractivity contribution in [2.75, 3.05) is 0 Å². The van der Waals surface area contributed by atoms with E-state index in [1.54, 1.807) is 24.0 Å². The van der Waals surface area contributed by atoms with E-state index < -0.39 is 4.92 Å². The van der Waals surface area contributed by atoms with E-state index in [-0.39, 0.29) is 11.4 Å². The third kappa shape index (κ3) is 1.63. The molecule has 1 aromatic carbocycles. The molecule has 2 rings (SSSR count). The van der Waals surface area contributed by atoms with Crippen LogP contribution in [0.25, 0.3) is 16.7 Å². The van der Waals surface area contributed by atoms with Crippen molar-refractivity contribution in [1.82, 2.24) is 4.57 Å². The molecule has 0 saturated heterocycles. The Hall–Kier alpha value is -2.97. The molecule has 0 aliphatic rings. The lowest BCUT2D eigenvalue weighted by molar-refractivity contribution is -0.645. The third-order valence-electron chi connectivity index (χ3n) is 2.56. The van der Waals surface area contributed by atoms with E-state index in [9.17, 15) is 10.1 Å². The Labute approximate surface area is 101 Å². The molecule has 0 amide bonds. The Morgan fingerprint density at radius 3 is 2.89 bits per heavy atom. The number of rotatable bonds is 2. The first-order chi connectivity index (χ1) is 8.58. The first kappa shape index (κ1) is 11.5. The second-order valence-electron chi connectivity index (χ2n) is 3.61. The Morgan fingerprint density at radius 1 is 1.61 bits per heavy atom. The summed E-state index contributed by atoms with van der Waals surface area (Å²) in [7, 11) is 1.75. The Balaban J connectivity index is 2.83. The maximum Gasteiger partial charge on any atom is 0.274 e. The van der Waals surface area contributed by atoms with Gasteiger partial charge in [-0.15, -0.1) is 0 Å². The predicted octanol–water partition coefficient (Wildman–Crippen LogP) is 0.987. The standard InChI is InChI=1S/C11H8N5O2/c1-14-7-15(9(5-12)6-13)11-4-8(16(17)18)2-3-10(11)14/h2-4,7,12H,1H3/q+1. The van der Waals surface area contributed by atoms with Gasteiger partial charge in [0.25, 0.3) is 17.7 Å². The van der Waals surface area contributed by atoms with Crippen molar-refractivity contribution < 1.29 is 9.49 Å². The molecule has 0 saturated carbocycles. The van der Waals surface area contributed by atoms with E-state index in [1.807, 2.05) is 11.9 Å². The zero-order valence-electron chi connectivity index (χ0n) is 9.41. The molecule has 0 radical (unpaired) electrons. The molecule has 0 fully saturated rings. The molecule has 18 heavy (non-hydrogen) atoms. The second kappa shape index (κ2) is 4.13. The van der Waals surface area contributed by atoms with Crippen LogP contribution in [0.1, 0.15) is 0 Å². The van der Waals surface area contributed by atoms with Crippen LogP contribution in [-0.2, 0) is 7.05 Å². The normalized spacial score (nSPS) is 9.78. The minimum atomic E-state index is -0.503. The van der Waals surface area contributed by atoms with Crippen LogP contribution in [0.3, 0.4) is 0 Å². The SMILES string of the molecule is C[n+]1cn(C(=C=N)C#N)c2cc([N+](=O)[O-])ccc21. The number of fused-ring (bicyclic) bond motifs is 1. The summed E-state index contributed by atoms with van der Waals surface area (Å²) in [4.78, 5) is 10.2. The number of nitro groups is 1.